The van der Waals surface area contributed by atoms with Gasteiger partial charge in [0.15, 0.2) is 0 Å². The van der Waals surface area contributed by atoms with Crippen LogP contribution in [-0.4, -0.2) is 0 Å². The molecule has 13 rings (SSSR count). The first kappa shape index (κ1) is 37.7. The zero-order chi connectivity index (χ0) is 42.6. The summed E-state index contributed by atoms with van der Waals surface area (Å²) in [4.78, 5) is 0. The fourth-order valence-corrected chi connectivity index (χ4v) is 10.5. The summed E-state index contributed by atoms with van der Waals surface area (Å²) in [5, 5.41) is 2.29. The van der Waals surface area contributed by atoms with Gasteiger partial charge in [-0.05, 0) is 121 Å². The molecule has 1 unspecified atom stereocenters. The third-order valence-electron chi connectivity index (χ3n) is 13.6. The zero-order valence-electron chi connectivity index (χ0n) is 35.6. The maximum atomic E-state index is 6.48. The zero-order valence-corrected chi connectivity index (χ0v) is 35.6. The molecule has 1 atom stereocenters. The van der Waals surface area contributed by atoms with Gasteiger partial charge in [0.2, 0.25) is 0 Å². The summed E-state index contributed by atoms with van der Waals surface area (Å²) in [6.45, 7) is 2.08. The van der Waals surface area contributed by atoms with E-state index >= 15 is 0 Å². The molecule has 0 N–H and O–H groups in total. The molecule has 2 aliphatic carbocycles. The van der Waals surface area contributed by atoms with Gasteiger partial charge < -0.3 is 4.42 Å². The van der Waals surface area contributed by atoms with Gasteiger partial charge in [0.05, 0.1) is 5.41 Å². The van der Waals surface area contributed by atoms with Crippen LogP contribution in [0, 0.1) is 6.92 Å². The number of hydrogen-bond donors (Lipinski definition) is 0. The lowest BCUT2D eigenvalue weighted by Crippen LogP contribution is -2.28. The van der Waals surface area contributed by atoms with E-state index in [1.165, 1.54) is 83.5 Å². The van der Waals surface area contributed by atoms with Gasteiger partial charge in [-0.3, -0.25) is 0 Å². The van der Waals surface area contributed by atoms with E-state index in [2.05, 4.69) is 219 Å². The highest BCUT2D eigenvalue weighted by Crippen LogP contribution is 2.57. The number of benzene rings is 10. The van der Waals surface area contributed by atoms with Gasteiger partial charge in [-0.15, -0.1) is 0 Å². The highest BCUT2D eigenvalue weighted by molar-refractivity contribution is 6.09. The van der Waals surface area contributed by atoms with E-state index in [0.29, 0.717) is 0 Å². The molecule has 64 heavy (non-hydrogen) atoms. The van der Waals surface area contributed by atoms with Crippen LogP contribution in [0.1, 0.15) is 38.9 Å². The molecule has 1 aromatic heterocycles. The summed E-state index contributed by atoms with van der Waals surface area (Å²) >= 11 is 0. The summed E-state index contributed by atoms with van der Waals surface area (Å²) in [5.41, 5.74) is 23.1. The van der Waals surface area contributed by atoms with E-state index in [1.54, 1.807) is 0 Å². The van der Waals surface area contributed by atoms with Crippen molar-refractivity contribution in [3.05, 3.63) is 276 Å². The third-order valence-corrected chi connectivity index (χ3v) is 13.6. The van der Waals surface area contributed by atoms with E-state index < -0.39 is 5.41 Å². The normalized spacial score (nSPS) is 14.3. The lowest BCUT2D eigenvalue weighted by molar-refractivity contribution is 0.670. The largest absolute Gasteiger partial charge is 0.455 e. The molecule has 0 saturated carbocycles. The minimum atomic E-state index is -0.513. The van der Waals surface area contributed by atoms with Crippen molar-refractivity contribution >= 4 is 21.9 Å². The van der Waals surface area contributed by atoms with Crippen LogP contribution in [0.25, 0.3) is 77.6 Å². The van der Waals surface area contributed by atoms with Crippen LogP contribution in [0.15, 0.2) is 241 Å². The molecule has 0 spiro atoms. The topological polar surface area (TPSA) is 13.1 Å². The molecule has 2 aliphatic rings. The summed E-state index contributed by atoms with van der Waals surface area (Å²) in [6.07, 6.45) is 0.970. The Kier molecular flexibility index (Phi) is 9.09. The van der Waals surface area contributed by atoms with Crippen molar-refractivity contribution < 1.29 is 4.42 Å². The van der Waals surface area contributed by atoms with Crippen molar-refractivity contribution in [2.45, 2.75) is 18.8 Å². The quantitative estimate of drug-likeness (QED) is 0.169. The average molecular weight is 817 g/mol. The van der Waals surface area contributed by atoms with Crippen LogP contribution in [-0.2, 0) is 11.8 Å². The first-order chi connectivity index (χ1) is 31.6. The molecule has 0 aliphatic heterocycles. The van der Waals surface area contributed by atoms with Gasteiger partial charge in [0.25, 0.3) is 0 Å². The molecule has 1 heteroatoms. The smallest absolute Gasteiger partial charge is 0.143 e. The summed E-state index contributed by atoms with van der Waals surface area (Å²) in [5.74, 6) is 0. The van der Waals surface area contributed by atoms with Gasteiger partial charge in [0, 0.05) is 16.3 Å². The second-order valence-electron chi connectivity index (χ2n) is 17.2. The minimum Gasteiger partial charge on any atom is -0.455 e. The molecule has 1 nitrogen and oxygen atoms in total. The van der Waals surface area contributed by atoms with Crippen molar-refractivity contribution in [2.75, 3.05) is 0 Å². The molecule has 0 radical (unpaired) electrons. The van der Waals surface area contributed by atoms with Crippen molar-refractivity contribution in [2.24, 2.45) is 0 Å². The molecule has 0 amide bonds. The molecule has 0 bridgehead atoms. The Bertz CT molecular complexity index is 3510. The Hall–Kier alpha value is -8.00. The summed E-state index contributed by atoms with van der Waals surface area (Å²) < 4.78 is 6.48. The second kappa shape index (κ2) is 15.4. The SMILES string of the molecule is Cc1ccccc1.c1ccc(-c2ccc3c(c2)-c2cc(-c4ccc5c(c4)C(c4ccccc4)(c4ccc(-c6cccc7c6oc6ccccc67)cc4)c4ccccc4-5)ccc2C3)cc1. The van der Waals surface area contributed by atoms with E-state index in [9.17, 15) is 0 Å². The van der Waals surface area contributed by atoms with Crippen molar-refractivity contribution in [3.63, 3.8) is 0 Å². The Morgan fingerprint density at radius 3 is 1.59 bits per heavy atom. The number of para-hydroxylation sites is 2. The van der Waals surface area contributed by atoms with Gasteiger partial charge in [-0.25, -0.2) is 0 Å². The highest BCUT2D eigenvalue weighted by Gasteiger charge is 2.46. The molecular weight excluding hydrogens is 773 g/mol. The Morgan fingerprint density at radius 2 is 0.875 bits per heavy atom. The summed E-state index contributed by atoms with van der Waals surface area (Å²) in [7, 11) is 0. The van der Waals surface area contributed by atoms with Crippen LogP contribution < -0.4 is 0 Å². The van der Waals surface area contributed by atoms with Crippen LogP contribution in [0.5, 0.6) is 0 Å². The molecule has 10 aromatic carbocycles. The van der Waals surface area contributed by atoms with Crippen LogP contribution in [0.4, 0.5) is 0 Å². The molecule has 11 aromatic rings. The van der Waals surface area contributed by atoms with Gasteiger partial charge in [-0.2, -0.15) is 0 Å². The Balaban J connectivity index is 0.000000568. The average Bonchev–Trinajstić information content (AvgIpc) is 4.03. The third kappa shape index (κ3) is 6.15. The lowest BCUT2D eigenvalue weighted by atomic mass is 9.67. The standard InChI is InChI=1S/C56H36O.C7H8/c1-3-12-36(13-4-1)38-22-24-41-32-42-25-23-39(34-51(42)50(41)33-38)40-28-31-47-46-16-7-9-20-52(46)56(53(47)35-40,43-14-5-2-6-15-43)44-29-26-37(27-30-44)45-18-11-19-49-48-17-8-10-21-54(48)57-55(45)49;1-7-5-3-2-4-6-7/h1-31,33-35H,32H2;2-6H,1H3. The highest BCUT2D eigenvalue weighted by atomic mass is 16.3. The number of furan rings is 1. The van der Waals surface area contributed by atoms with Crippen molar-refractivity contribution in [1.82, 2.24) is 0 Å². The predicted molar refractivity (Wildman–Crippen MR) is 267 cm³/mol. The number of aryl methyl sites for hydroxylation is 1. The van der Waals surface area contributed by atoms with Crippen LogP contribution in [0.2, 0.25) is 0 Å². The number of rotatable bonds is 5. The second-order valence-corrected chi connectivity index (χ2v) is 17.2. The fourth-order valence-electron chi connectivity index (χ4n) is 10.5. The number of hydrogen-bond acceptors (Lipinski definition) is 1. The van der Waals surface area contributed by atoms with Crippen molar-refractivity contribution in [3.8, 4) is 55.6 Å². The molecular formula is C63H44O. The lowest BCUT2D eigenvalue weighted by Gasteiger charge is -2.34. The molecule has 0 fully saturated rings. The monoisotopic (exact) mass is 816 g/mol. The fraction of sp³-hybridized carbons (Fsp3) is 0.0476. The first-order valence-corrected chi connectivity index (χ1v) is 22.3. The van der Waals surface area contributed by atoms with E-state index in [1.807, 2.05) is 24.3 Å². The minimum absolute atomic E-state index is 0.513. The maximum Gasteiger partial charge on any atom is 0.143 e. The Morgan fingerprint density at radius 1 is 0.344 bits per heavy atom. The van der Waals surface area contributed by atoms with Crippen LogP contribution in [0.3, 0.4) is 0 Å². The molecule has 1 heterocycles. The van der Waals surface area contributed by atoms with Crippen LogP contribution >= 0.6 is 0 Å². The first-order valence-electron chi connectivity index (χ1n) is 22.3. The van der Waals surface area contributed by atoms with E-state index in [0.717, 1.165) is 39.5 Å². The molecule has 302 valence electrons. The Labute approximate surface area is 374 Å². The molecule has 0 saturated heterocycles. The predicted octanol–water partition coefficient (Wildman–Crippen LogP) is 16.5. The van der Waals surface area contributed by atoms with Gasteiger partial charge >= 0.3 is 0 Å². The van der Waals surface area contributed by atoms with Gasteiger partial charge in [-0.1, -0.05) is 218 Å². The van der Waals surface area contributed by atoms with Crippen molar-refractivity contribution in [1.29, 1.82) is 0 Å². The summed E-state index contributed by atoms with van der Waals surface area (Å²) in [6, 6.07) is 86.4. The van der Waals surface area contributed by atoms with E-state index in [-0.39, 0.29) is 0 Å². The maximum absolute atomic E-state index is 6.48. The van der Waals surface area contributed by atoms with Gasteiger partial charge in [0.1, 0.15) is 11.2 Å². The van der Waals surface area contributed by atoms with E-state index in [4.69, 9.17) is 4.42 Å². The number of fused-ring (bicyclic) bond motifs is 9.